The molecule has 1 unspecified atom stereocenters. The van der Waals surface area contributed by atoms with E-state index >= 15 is 0 Å². The van der Waals surface area contributed by atoms with E-state index in [1.807, 2.05) is 6.92 Å². The van der Waals surface area contributed by atoms with Crippen LogP contribution >= 0.6 is 27.5 Å². The van der Waals surface area contributed by atoms with Gasteiger partial charge in [-0.05, 0) is 30.5 Å². The van der Waals surface area contributed by atoms with E-state index in [1.54, 1.807) is 0 Å². The minimum atomic E-state index is -4.50. The largest absolute Gasteiger partial charge is 0.417 e. The average molecular weight is 373 g/mol. The summed E-state index contributed by atoms with van der Waals surface area (Å²) in [6.07, 6.45) is -3.77. The number of carbonyl (C=O) groups is 1. The third kappa shape index (κ3) is 4.98. The van der Waals surface area contributed by atoms with Gasteiger partial charge in [-0.25, -0.2) is 0 Å². The Bertz CT molecular complexity index is 479. The van der Waals surface area contributed by atoms with Gasteiger partial charge < -0.3 is 5.32 Å². The van der Waals surface area contributed by atoms with Crippen molar-refractivity contribution in [1.82, 2.24) is 5.32 Å². The molecule has 1 N–H and O–H groups in total. The Morgan fingerprint density at radius 3 is 2.65 bits per heavy atom. The van der Waals surface area contributed by atoms with Crippen LogP contribution in [0.1, 0.15) is 29.3 Å². The van der Waals surface area contributed by atoms with Crippen LogP contribution in [0.5, 0.6) is 0 Å². The monoisotopic (exact) mass is 371 g/mol. The first kappa shape index (κ1) is 17.3. The van der Waals surface area contributed by atoms with Crippen LogP contribution in [0, 0.1) is 5.92 Å². The van der Waals surface area contributed by atoms with Gasteiger partial charge >= 0.3 is 6.18 Å². The maximum Gasteiger partial charge on any atom is 0.417 e. The minimum Gasteiger partial charge on any atom is -0.352 e. The number of halogens is 5. The SMILES string of the molecule is CC(CCCl)CNC(=O)c1ccc(Br)c(C(F)(F)F)c1. The van der Waals surface area contributed by atoms with Crippen molar-refractivity contribution in [3.8, 4) is 0 Å². The summed E-state index contributed by atoms with van der Waals surface area (Å²) in [5, 5.41) is 2.60. The fourth-order valence-corrected chi connectivity index (χ4v) is 2.39. The van der Waals surface area contributed by atoms with E-state index < -0.39 is 17.6 Å². The van der Waals surface area contributed by atoms with Gasteiger partial charge in [0.1, 0.15) is 0 Å². The number of hydrogen-bond donors (Lipinski definition) is 1. The summed E-state index contributed by atoms with van der Waals surface area (Å²) in [7, 11) is 0. The first-order valence-corrected chi connectivity index (χ1v) is 7.29. The summed E-state index contributed by atoms with van der Waals surface area (Å²) in [6.45, 7) is 2.29. The third-order valence-electron chi connectivity index (χ3n) is 2.75. The van der Waals surface area contributed by atoms with Crippen molar-refractivity contribution in [3.05, 3.63) is 33.8 Å². The predicted octanol–water partition coefficient (Wildman–Crippen LogP) is 4.46. The molecule has 7 heteroatoms. The van der Waals surface area contributed by atoms with Gasteiger partial charge in [0, 0.05) is 22.5 Å². The van der Waals surface area contributed by atoms with Crippen molar-refractivity contribution in [3.63, 3.8) is 0 Å². The van der Waals surface area contributed by atoms with Gasteiger partial charge in [-0.3, -0.25) is 4.79 Å². The van der Waals surface area contributed by atoms with Crippen LogP contribution in [-0.2, 0) is 6.18 Å². The van der Waals surface area contributed by atoms with E-state index in [0.29, 0.717) is 12.4 Å². The standard InChI is InChI=1S/C13H14BrClF3NO/c1-8(4-5-15)7-19-12(20)9-2-3-11(14)10(6-9)13(16,17)18/h2-3,6,8H,4-5,7H2,1H3,(H,19,20). The molecule has 0 radical (unpaired) electrons. The van der Waals surface area contributed by atoms with E-state index in [2.05, 4.69) is 21.2 Å². The molecule has 1 aromatic rings. The molecule has 112 valence electrons. The lowest BCUT2D eigenvalue weighted by molar-refractivity contribution is -0.138. The molecular weight excluding hydrogens is 358 g/mol. The third-order valence-corrected chi connectivity index (χ3v) is 3.66. The highest BCUT2D eigenvalue weighted by atomic mass is 79.9. The smallest absolute Gasteiger partial charge is 0.352 e. The van der Waals surface area contributed by atoms with Crippen molar-refractivity contribution >= 4 is 33.4 Å². The Labute approximate surface area is 128 Å². The molecule has 0 heterocycles. The van der Waals surface area contributed by atoms with Crippen LogP contribution in [0.25, 0.3) is 0 Å². The van der Waals surface area contributed by atoms with Gasteiger partial charge in [0.2, 0.25) is 0 Å². The maximum atomic E-state index is 12.7. The quantitative estimate of drug-likeness (QED) is 0.760. The van der Waals surface area contributed by atoms with Gasteiger partial charge in [0.15, 0.2) is 0 Å². The first-order valence-electron chi connectivity index (χ1n) is 5.96. The maximum absolute atomic E-state index is 12.7. The summed E-state index contributed by atoms with van der Waals surface area (Å²) >= 11 is 8.41. The van der Waals surface area contributed by atoms with Crippen molar-refractivity contribution < 1.29 is 18.0 Å². The average Bonchev–Trinajstić information content (AvgIpc) is 2.35. The second-order valence-corrected chi connectivity index (χ2v) is 5.72. The normalized spacial score (nSPS) is 13.1. The van der Waals surface area contributed by atoms with Gasteiger partial charge in [-0.15, -0.1) is 11.6 Å². The van der Waals surface area contributed by atoms with Crippen LogP contribution in [0.15, 0.2) is 22.7 Å². The lowest BCUT2D eigenvalue weighted by atomic mass is 10.1. The van der Waals surface area contributed by atoms with Gasteiger partial charge in [-0.1, -0.05) is 22.9 Å². The lowest BCUT2D eigenvalue weighted by Gasteiger charge is -2.13. The van der Waals surface area contributed by atoms with Gasteiger partial charge in [0.25, 0.3) is 5.91 Å². The molecule has 0 fully saturated rings. The molecule has 0 aliphatic rings. The van der Waals surface area contributed by atoms with E-state index in [1.165, 1.54) is 12.1 Å². The first-order chi connectivity index (χ1) is 9.25. The fourth-order valence-electron chi connectivity index (χ4n) is 1.54. The van der Waals surface area contributed by atoms with Crippen molar-refractivity contribution in [2.24, 2.45) is 5.92 Å². The van der Waals surface area contributed by atoms with Gasteiger partial charge in [-0.2, -0.15) is 13.2 Å². The number of alkyl halides is 4. The number of carbonyl (C=O) groups excluding carboxylic acids is 1. The van der Waals surface area contributed by atoms with Crippen molar-refractivity contribution in [1.29, 1.82) is 0 Å². The Hall–Kier alpha value is -0.750. The molecule has 0 saturated carbocycles. The fraction of sp³-hybridized carbons (Fsp3) is 0.462. The molecular formula is C13H14BrClF3NO. The van der Waals surface area contributed by atoms with Crippen molar-refractivity contribution in [2.45, 2.75) is 19.5 Å². The molecule has 0 aliphatic heterocycles. The highest BCUT2D eigenvalue weighted by Crippen LogP contribution is 2.35. The molecule has 0 saturated heterocycles. The zero-order chi connectivity index (χ0) is 15.3. The second kappa shape index (κ2) is 7.31. The summed E-state index contributed by atoms with van der Waals surface area (Å²) in [6, 6.07) is 3.41. The summed E-state index contributed by atoms with van der Waals surface area (Å²) in [5.74, 6) is 0.131. The minimum absolute atomic E-state index is 0.0152. The van der Waals surface area contributed by atoms with E-state index in [0.717, 1.165) is 12.5 Å². The summed E-state index contributed by atoms with van der Waals surface area (Å²) in [4.78, 5) is 11.8. The molecule has 0 bridgehead atoms. The number of hydrogen-bond acceptors (Lipinski definition) is 1. The summed E-state index contributed by atoms with van der Waals surface area (Å²) in [5.41, 5.74) is -0.877. The zero-order valence-electron chi connectivity index (χ0n) is 10.7. The predicted molar refractivity (Wildman–Crippen MR) is 76.0 cm³/mol. The Morgan fingerprint density at radius 1 is 1.45 bits per heavy atom. The van der Waals surface area contributed by atoms with Crippen molar-refractivity contribution in [2.75, 3.05) is 12.4 Å². The van der Waals surface area contributed by atoms with Crippen LogP contribution in [0.3, 0.4) is 0 Å². The molecule has 1 aromatic carbocycles. The number of amides is 1. The molecule has 0 aromatic heterocycles. The highest BCUT2D eigenvalue weighted by Gasteiger charge is 2.33. The van der Waals surface area contributed by atoms with Crippen LogP contribution < -0.4 is 5.32 Å². The molecule has 20 heavy (non-hydrogen) atoms. The van der Waals surface area contributed by atoms with Crippen LogP contribution in [0.4, 0.5) is 13.2 Å². The molecule has 0 aliphatic carbocycles. The highest BCUT2D eigenvalue weighted by molar-refractivity contribution is 9.10. The molecule has 1 rings (SSSR count). The molecule has 2 nitrogen and oxygen atoms in total. The second-order valence-electron chi connectivity index (χ2n) is 4.49. The van der Waals surface area contributed by atoms with E-state index in [-0.39, 0.29) is 16.0 Å². The number of nitrogens with one attached hydrogen (secondary N) is 1. The van der Waals surface area contributed by atoms with E-state index in [9.17, 15) is 18.0 Å². The Kier molecular flexibility index (Phi) is 6.33. The zero-order valence-corrected chi connectivity index (χ0v) is 13.1. The number of rotatable bonds is 5. The summed E-state index contributed by atoms with van der Waals surface area (Å²) < 4.78 is 38.1. The molecule has 1 atom stereocenters. The lowest BCUT2D eigenvalue weighted by Crippen LogP contribution is -2.28. The van der Waals surface area contributed by atoms with Crippen LogP contribution in [-0.4, -0.2) is 18.3 Å². The van der Waals surface area contributed by atoms with E-state index in [4.69, 9.17) is 11.6 Å². The molecule has 1 amide bonds. The topological polar surface area (TPSA) is 29.1 Å². The van der Waals surface area contributed by atoms with Gasteiger partial charge in [0.05, 0.1) is 5.56 Å². The molecule has 0 spiro atoms. The number of benzene rings is 1. The Balaban J connectivity index is 2.79. The van der Waals surface area contributed by atoms with Crippen LogP contribution in [0.2, 0.25) is 0 Å². The Morgan fingerprint density at radius 2 is 2.10 bits per heavy atom.